The van der Waals surface area contributed by atoms with Gasteiger partial charge in [0.15, 0.2) is 0 Å². The highest BCUT2D eigenvalue weighted by molar-refractivity contribution is 7.89. The van der Waals surface area contributed by atoms with Gasteiger partial charge in [0.05, 0.1) is 5.02 Å². The van der Waals surface area contributed by atoms with Gasteiger partial charge in [-0.05, 0) is 31.0 Å². The van der Waals surface area contributed by atoms with Crippen LogP contribution in [0.5, 0.6) is 0 Å². The molecule has 0 aromatic heterocycles. The second-order valence-corrected chi connectivity index (χ2v) is 7.32. The van der Waals surface area contributed by atoms with E-state index in [1.54, 1.807) is 0 Å². The molecule has 0 radical (unpaired) electrons. The minimum absolute atomic E-state index is 0.0569. The Morgan fingerprint density at radius 1 is 1.25 bits per heavy atom. The van der Waals surface area contributed by atoms with Crippen molar-refractivity contribution in [1.29, 1.82) is 0 Å². The Balaban J connectivity index is 2.24. The van der Waals surface area contributed by atoms with Gasteiger partial charge in [0, 0.05) is 30.0 Å². The third kappa shape index (κ3) is 3.09. The number of rotatable bonds is 3. The van der Waals surface area contributed by atoms with Crippen molar-refractivity contribution in [3.05, 3.63) is 28.2 Å². The lowest BCUT2D eigenvalue weighted by Crippen LogP contribution is -2.43. The van der Waals surface area contributed by atoms with Crippen LogP contribution < -0.4 is 5.11 Å². The molecule has 1 aromatic rings. The molecule has 0 bridgehead atoms. The molecule has 1 aromatic carbocycles. The Morgan fingerprint density at radius 3 is 2.40 bits per heavy atom. The Morgan fingerprint density at radius 2 is 1.85 bits per heavy atom. The van der Waals surface area contributed by atoms with Crippen LogP contribution in [0.2, 0.25) is 10.0 Å². The highest BCUT2D eigenvalue weighted by Crippen LogP contribution is 2.30. The Bertz CT molecular complexity index is 624. The van der Waals surface area contributed by atoms with Crippen molar-refractivity contribution in [3.63, 3.8) is 0 Å². The number of piperidine rings is 1. The average Bonchev–Trinajstić information content (AvgIpc) is 2.41. The van der Waals surface area contributed by atoms with Crippen LogP contribution in [0.15, 0.2) is 23.1 Å². The fourth-order valence-corrected chi connectivity index (χ4v) is 4.35. The van der Waals surface area contributed by atoms with Gasteiger partial charge in [-0.15, -0.1) is 0 Å². The molecule has 0 amide bonds. The van der Waals surface area contributed by atoms with E-state index in [2.05, 4.69) is 0 Å². The SMILES string of the molecule is O=C([O-])C1CCN(S(=O)(=O)c2cc(Cl)ccc2Cl)CC1. The molecular formula is C12H12Cl2NO4S-. The van der Waals surface area contributed by atoms with E-state index in [1.165, 1.54) is 22.5 Å². The van der Waals surface area contributed by atoms with Gasteiger partial charge in [-0.3, -0.25) is 0 Å². The minimum Gasteiger partial charge on any atom is -0.550 e. The Labute approximate surface area is 127 Å². The number of benzene rings is 1. The first-order chi connectivity index (χ1) is 9.32. The zero-order valence-corrected chi connectivity index (χ0v) is 12.7. The molecule has 1 heterocycles. The van der Waals surface area contributed by atoms with Crippen molar-refractivity contribution in [2.75, 3.05) is 13.1 Å². The highest BCUT2D eigenvalue weighted by Gasteiger charge is 2.31. The van der Waals surface area contributed by atoms with Crippen LogP contribution in [0.25, 0.3) is 0 Å². The Kier molecular flexibility index (Phi) is 4.59. The number of hydrogen-bond acceptors (Lipinski definition) is 4. The van der Waals surface area contributed by atoms with Crippen molar-refractivity contribution in [1.82, 2.24) is 4.31 Å². The fraction of sp³-hybridized carbons (Fsp3) is 0.417. The van der Waals surface area contributed by atoms with Gasteiger partial charge in [0.25, 0.3) is 0 Å². The molecule has 0 N–H and O–H groups in total. The first-order valence-electron chi connectivity index (χ1n) is 5.98. The van der Waals surface area contributed by atoms with Crippen molar-refractivity contribution in [2.45, 2.75) is 17.7 Å². The molecule has 0 spiro atoms. The van der Waals surface area contributed by atoms with Gasteiger partial charge in [-0.1, -0.05) is 23.2 Å². The van der Waals surface area contributed by atoms with E-state index in [1.807, 2.05) is 0 Å². The monoisotopic (exact) mass is 336 g/mol. The predicted molar refractivity (Wildman–Crippen MR) is 73.0 cm³/mol. The molecule has 1 aliphatic heterocycles. The lowest BCUT2D eigenvalue weighted by atomic mass is 9.99. The zero-order chi connectivity index (χ0) is 14.9. The molecule has 0 unspecified atom stereocenters. The molecule has 1 saturated heterocycles. The van der Waals surface area contributed by atoms with Crippen LogP contribution in [0, 0.1) is 5.92 Å². The number of carboxylic acids is 1. The summed E-state index contributed by atoms with van der Waals surface area (Å²) in [6.07, 6.45) is 0.472. The topological polar surface area (TPSA) is 77.5 Å². The number of carbonyl (C=O) groups is 1. The average molecular weight is 337 g/mol. The number of hydrogen-bond donors (Lipinski definition) is 0. The summed E-state index contributed by atoms with van der Waals surface area (Å²) in [4.78, 5) is 10.7. The van der Waals surface area contributed by atoms with E-state index in [9.17, 15) is 18.3 Å². The molecule has 8 heteroatoms. The summed E-state index contributed by atoms with van der Waals surface area (Å²) in [6.45, 7) is 0.258. The standard InChI is InChI=1S/C12H13Cl2NO4S/c13-9-1-2-10(14)11(7-9)20(18,19)15-5-3-8(4-6-15)12(16)17/h1-2,7-8H,3-6H2,(H,16,17)/p-1. The fourth-order valence-electron chi connectivity index (χ4n) is 2.15. The molecule has 0 atom stereocenters. The molecule has 0 saturated carbocycles. The van der Waals surface area contributed by atoms with Crippen molar-refractivity contribution >= 4 is 39.2 Å². The third-order valence-electron chi connectivity index (χ3n) is 3.30. The van der Waals surface area contributed by atoms with Gasteiger partial charge >= 0.3 is 0 Å². The quantitative estimate of drug-likeness (QED) is 0.829. The van der Waals surface area contributed by atoms with E-state index in [4.69, 9.17) is 23.2 Å². The molecule has 110 valence electrons. The molecule has 1 fully saturated rings. The number of carbonyl (C=O) groups excluding carboxylic acids is 1. The number of aliphatic carboxylic acids is 1. The first kappa shape index (κ1) is 15.6. The third-order valence-corrected chi connectivity index (χ3v) is 5.91. The maximum atomic E-state index is 12.5. The molecule has 0 aliphatic carbocycles. The summed E-state index contributed by atoms with van der Waals surface area (Å²) in [6, 6.07) is 4.22. The van der Waals surface area contributed by atoms with Crippen molar-refractivity contribution in [2.24, 2.45) is 5.92 Å². The van der Waals surface area contributed by atoms with E-state index in [0.717, 1.165) is 0 Å². The summed E-state index contributed by atoms with van der Waals surface area (Å²) in [5.41, 5.74) is 0. The molecule has 20 heavy (non-hydrogen) atoms. The number of sulfonamides is 1. The highest BCUT2D eigenvalue weighted by atomic mass is 35.5. The van der Waals surface area contributed by atoms with E-state index < -0.39 is 21.9 Å². The molecular weight excluding hydrogens is 325 g/mol. The number of halogens is 2. The largest absolute Gasteiger partial charge is 0.550 e. The van der Waals surface area contributed by atoms with Gasteiger partial charge < -0.3 is 9.90 Å². The van der Waals surface area contributed by atoms with Gasteiger partial charge in [-0.2, -0.15) is 4.31 Å². The van der Waals surface area contributed by atoms with Crippen molar-refractivity contribution < 1.29 is 18.3 Å². The number of carboxylic acid groups (broad SMARTS) is 1. The second kappa shape index (κ2) is 5.89. The zero-order valence-electron chi connectivity index (χ0n) is 10.4. The van der Waals surface area contributed by atoms with E-state index in [0.29, 0.717) is 0 Å². The summed E-state index contributed by atoms with van der Waals surface area (Å²) >= 11 is 11.7. The molecule has 5 nitrogen and oxygen atoms in total. The smallest absolute Gasteiger partial charge is 0.244 e. The second-order valence-electron chi connectivity index (χ2n) is 4.57. The summed E-state index contributed by atoms with van der Waals surface area (Å²) in [7, 11) is -3.76. The van der Waals surface area contributed by atoms with Crippen LogP contribution in [0.1, 0.15) is 12.8 Å². The first-order valence-corrected chi connectivity index (χ1v) is 8.18. The van der Waals surface area contributed by atoms with Gasteiger partial charge in [0.1, 0.15) is 4.90 Å². The molecule has 1 aliphatic rings. The van der Waals surface area contributed by atoms with Crippen molar-refractivity contribution in [3.8, 4) is 0 Å². The Hall–Kier alpha value is -0.820. The molecule has 2 rings (SSSR count). The summed E-state index contributed by atoms with van der Waals surface area (Å²) < 4.78 is 26.1. The van der Waals surface area contributed by atoms with Gasteiger partial charge in [-0.25, -0.2) is 8.42 Å². The maximum Gasteiger partial charge on any atom is 0.244 e. The van der Waals surface area contributed by atoms with Crippen LogP contribution >= 0.6 is 23.2 Å². The van der Waals surface area contributed by atoms with Crippen LogP contribution in [-0.2, 0) is 14.8 Å². The predicted octanol–water partition coefficient (Wildman–Crippen LogP) is 1.14. The minimum atomic E-state index is -3.76. The summed E-state index contributed by atoms with van der Waals surface area (Å²) in [5, 5.41) is 11.1. The summed E-state index contributed by atoms with van der Waals surface area (Å²) in [5.74, 6) is -1.74. The van der Waals surface area contributed by atoms with Crippen LogP contribution in [0.4, 0.5) is 0 Å². The van der Waals surface area contributed by atoms with Crippen LogP contribution in [-0.4, -0.2) is 31.8 Å². The van der Waals surface area contributed by atoms with E-state index >= 15 is 0 Å². The van der Waals surface area contributed by atoms with Gasteiger partial charge in [0.2, 0.25) is 10.0 Å². The lowest BCUT2D eigenvalue weighted by molar-refractivity contribution is -0.312. The number of nitrogens with zero attached hydrogens (tertiary/aromatic N) is 1. The lowest BCUT2D eigenvalue weighted by Gasteiger charge is -2.31. The van der Waals surface area contributed by atoms with Crippen LogP contribution in [0.3, 0.4) is 0 Å². The normalized spacial score (nSPS) is 18.1. The maximum absolute atomic E-state index is 12.5. The van der Waals surface area contributed by atoms with E-state index in [-0.39, 0.29) is 40.9 Å².